The van der Waals surface area contributed by atoms with Crippen LogP contribution in [-0.4, -0.2) is 40.7 Å². The molecule has 0 bridgehead atoms. The first-order valence-corrected chi connectivity index (χ1v) is 9.82. The summed E-state index contributed by atoms with van der Waals surface area (Å²) in [7, 11) is 0. The molecule has 0 N–H and O–H groups in total. The summed E-state index contributed by atoms with van der Waals surface area (Å²) in [5.41, 5.74) is 0.281. The van der Waals surface area contributed by atoms with E-state index in [4.69, 9.17) is 4.74 Å². The smallest absolute Gasteiger partial charge is 0.410 e. The molecule has 1 aliphatic heterocycles. The third-order valence-corrected chi connectivity index (χ3v) is 5.04. The molecule has 1 saturated heterocycles. The molecule has 4 nitrogen and oxygen atoms in total. The lowest BCUT2D eigenvalue weighted by Gasteiger charge is -2.33. The molecule has 0 atom stereocenters. The monoisotopic (exact) mass is 363 g/mol. The van der Waals surface area contributed by atoms with Crippen molar-refractivity contribution in [2.24, 2.45) is 5.92 Å². The molecule has 138 valence electrons. The van der Waals surface area contributed by atoms with Gasteiger partial charge in [0.1, 0.15) is 5.60 Å². The van der Waals surface area contributed by atoms with Gasteiger partial charge in [-0.1, -0.05) is 26.0 Å². The number of hydrogen-bond donors (Lipinski definition) is 0. The molecule has 0 radical (unpaired) electrons. The maximum Gasteiger partial charge on any atom is 0.410 e. The number of ketones is 1. The Morgan fingerprint density at radius 1 is 1.12 bits per heavy atom. The number of likely N-dealkylation sites (tertiary alicyclic amines) is 1. The van der Waals surface area contributed by atoms with Crippen molar-refractivity contribution >= 4 is 23.6 Å². The minimum absolute atomic E-state index is 0.0118. The number of carbonyl (C=O) groups excluding carboxylic acids is 2. The van der Waals surface area contributed by atoms with E-state index in [1.165, 1.54) is 4.90 Å². The molecule has 1 aromatic rings. The number of piperidine rings is 1. The van der Waals surface area contributed by atoms with E-state index in [-0.39, 0.29) is 17.8 Å². The van der Waals surface area contributed by atoms with Crippen LogP contribution < -0.4 is 0 Å². The van der Waals surface area contributed by atoms with Crippen LogP contribution in [0.5, 0.6) is 0 Å². The summed E-state index contributed by atoms with van der Waals surface area (Å²) in [5, 5.41) is 0.527. The maximum absolute atomic E-state index is 12.7. The van der Waals surface area contributed by atoms with Crippen molar-refractivity contribution in [2.75, 3.05) is 13.1 Å². The Balaban J connectivity index is 1.89. The first-order valence-electron chi connectivity index (χ1n) is 8.94. The average Bonchev–Trinajstić information content (AvgIpc) is 2.53. The van der Waals surface area contributed by atoms with E-state index in [2.05, 4.69) is 13.8 Å². The number of carbonyl (C=O) groups is 2. The van der Waals surface area contributed by atoms with E-state index < -0.39 is 5.60 Å². The Morgan fingerprint density at radius 3 is 2.16 bits per heavy atom. The quantitative estimate of drug-likeness (QED) is 0.557. The van der Waals surface area contributed by atoms with Crippen molar-refractivity contribution in [3.05, 3.63) is 29.8 Å². The highest BCUT2D eigenvalue weighted by Crippen LogP contribution is 2.26. The van der Waals surface area contributed by atoms with Crippen molar-refractivity contribution in [2.45, 2.75) is 63.2 Å². The molecule has 1 heterocycles. The first-order chi connectivity index (χ1) is 11.7. The van der Waals surface area contributed by atoms with Crippen LogP contribution in [0.25, 0.3) is 0 Å². The van der Waals surface area contributed by atoms with Gasteiger partial charge in [-0.05, 0) is 45.7 Å². The highest BCUT2D eigenvalue weighted by Gasteiger charge is 2.30. The fourth-order valence-corrected chi connectivity index (χ4v) is 3.69. The molecule has 0 unspecified atom stereocenters. The molecular weight excluding hydrogens is 334 g/mol. The van der Waals surface area contributed by atoms with Crippen molar-refractivity contribution in [3.8, 4) is 0 Å². The van der Waals surface area contributed by atoms with E-state index in [0.717, 1.165) is 5.56 Å². The van der Waals surface area contributed by atoms with Crippen molar-refractivity contribution in [3.63, 3.8) is 0 Å². The molecule has 0 spiro atoms. The average molecular weight is 364 g/mol. The summed E-state index contributed by atoms with van der Waals surface area (Å²) in [6, 6.07) is 7.89. The fourth-order valence-electron chi connectivity index (χ4n) is 2.86. The Labute approximate surface area is 155 Å². The third-order valence-electron chi connectivity index (χ3n) is 4.03. The van der Waals surface area contributed by atoms with Gasteiger partial charge in [0.2, 0.25) is 0 Å². The summed E-state index contributed by atoms with van der Waals surface area (Å²) < 4.78 is 5.40. The van der Waals surface area contributed by atoms with Crippen molar-refractivity contribution in [1.82, 2.24) is 4.90 Å². The lowest BCUT2D eigenvalue weighted by Crippen LogP contribution is -2.43. The zero-order valence-corrected chi connectivity index (χ0v) is 16.7. The van der Waals surface area contributed by atoms with Crippen LogP contribution in [0.3, 0.4) is 0 Å². The summed E-state index contributed by atoms with van der Waals surface area (Å²) in [6.45, 7) is 11.1. The van der Waals surface area contributed by atoms with Crippen LogP contribution in [0.1, 0.15) is 57.8 Å². The van der Waals surface area contributed by atoms with E-state index in [9.17, 15) is 9.59 Å². The molecule has 1 amide bonds. The summed E-state index contributed by atoms with van der Waals surface area (Å²) >= 11 is 1.79. The normalized spacial score (nSPS) is 16.2. The van der Waals surface area contributed by atoms with Gasteiger partial charge in [0.25, 0.3) is 0 Å². The van der Waals surface area contributed by atoms with Gasteiger partial charge in [0.05, 0.1) is 0 Å². The van der Waals surface area contributed by atoms with Crippen molar-refractivity contribution < 1.29 is 14.3 Å². The largest absolute Gasteiger partial charge is 0.444 e. The highest BCUT2D eigenvalue weighted by molar-refractivity contribution is 7.99. The van der Waals surface area contributed by atoms with Crippen LogP contribution in [0.4, 0.5) is 4.79 Å². The number of benzene rings is 1. The Kier molecular flexibility index (Phi) is 6.55. The number of amides is 1. The van der Waals surface area contributed by atoms with E-state index in [1.54, 1.807) is 16.7 Å². The fraction of sp³-hybridized carbons (Fsp3) is 0.600. The standard InChI is InChI=1S/C20H29NO3S/c1-14(2)25-17-8-6-15(7-9-17)18(22)16-10-12-21(13-11-16)19(23)24-20(3,4)5/h6-9,14,16H,10-13H2,1-5H3. The van der Waals surface area contributed by atoms with E-state index in [0.29, 0.717) is 31.2 Å². The molecule has 0 aliphatic carbocycles. The van der Waals surface area contributed by atoms with Crippen LogP contribution in [0.15, 0.2) is 29.2 Å². The minimum atomic E-state index is -0.487. The Bertz CT molecular complexity index is 596. The van der Waals surface area contributed by atoms with E-state index >= 15 is 0 Å². The highest BCUT2D eigenvalue weighted by atomic mass is 32.2. The molecule has 5 heteroatoms. The molecule has 1 aliphatic rings. The molecular formula is C20H29NO3S. The number of ether oxygens (including phenoxy) is 1. The summed E-state index contributed by atoms with van der Waals surface area (Å²) in [4.78, 5) is 27.7. The van der Waals surface area contributed by atoms with Crippen LogP contribution >= 0.6 is 11.8 Å². The topological polar surface area (TPSA) is 46.6 Å². The number of nitrogens with zero attached hydrogens (tertiary/aromatic N) is 1. The maximum atomic E-state index is 12.7. The second kappa shape index (κ2) is 8.26. The second-order valence-corrected chi connectivity index (χ2v) is 9.45. The zero-order chi connectivity index (χ0) is 18.6. The first kappa shape index (κ1) is 19.8. The number of thioether (sulfide) groups is 1. The lowest BCUT2D eigenvalue weighted by molar-refractivity contribution is 0.0182. The van der Waals surface area contributed by atoms with Gasteiger partial charge in [0.15, 0.2) is 5.78 Å². The zero-order valence-electron chi connectivity index (χ0n) is 15.9. The van der Waals surface area contributed by atoms with Gasteiger partial charge in [-0.2, -0.15) is 0 Å². The molecule has 2 rings (SSSR count). The SMILES string of the molecule is CC(C)Sc1ccc(C(=O)C2CCN(C(=O)OC(C)(C)C)CC2)cc1. The number of rotatable bonds is 4. The molecule has 1 aromatic carbocycles. The molecule has 1 fully saturated rings. The Morgan fingerprint density at radius 2 is 1.68 bits per heavy atom. The number of hydrogen-bond acceptors (Lipinski definition) is 4. The van der Waals surface area contributed by atoms with Crippen molar-refractivity contribution in [1.29, 1.82) is 0 Å². The summed E-state index contributed by atoms with van der Waals surface area (Å²) in [5.74, 6) is 0.173. The van der Waals surface area contributed by atoms with Gasteiger partial charge in [0, 0.05) is 34.7 Å². The van der Waals surface area contributed by atoms with Crippen LogP contribution in [0, 0.1) is 5.92 Å². The molecule has 25 heavy (non-hydrogen) atoms. The lowest BCUT2D eigenvalue weighted by atomic mass is 9.89. The predicted octanol–water partition coefficient (Wildman–Crippen LogP) is 5.02. The van der Waals surface area contributed by atoms with Crippen LogP contribution in [0.2, 0.25) is 0 Å². The van der Waals surface area contributed by atoms with Gasteiger partial charge < -0.3 is 9.64 Å². The third kappa shape index (κ3) is 6.07. The van der Waals surface area contributed by atoms with Gasteiger partial charge in [-0.15, -0.1) is 11.8 Å². The number of Topliss-reactive ketones (excluding diaryl/α,β-unsaturated/α-hetero) is 1. The summed E-state index contributed by atoms with van der Waals surface area (Å²) in [6.07, 6.45) is 1.11. The molecule has 0 aromatic heterocycles. The van der Waals surface area contributed by atoms with Gasteiger partial charge >= 0.3 is 6.09 Å². The molecule has 0 saturated carbocycles. The van der Waals surface area contributed by atoms with Gasteiger partial charge in [-0.3, -0.25) is 4.79 Å². The second-order valence-electron chi connectivity index (χ2n) is 7.80. The van der Waals surface area contributed by atoms with E-state index in [1.807, 2.05) is 45.0 Å². The predicted molar refractivity (Wildman–Crippen MR) is 102 cm³/mol. The van der Waals surface area contributed by atoms with Gasteiger partial charge in [-0.25, -0.2) is 4.79 Å². The Hall–Kier alpha value is -1.49. The van der Waals surface area contributed by atoms with Crippen LogP contribution in [-0.2, 0) is 4.74 Å². The minimum Gasteiger partial charge on any atom is -0.444 e.